The van der Waals surface area contributed by atoms with Crippen LogP contribution < -0.4 is 14.4 Å². The molecule has 9 nitrogen and oxygen atoms in total. The summed E-state index contributed by atoms with van der Waals surface area (Å²) < 4.78 is 15.9. The zero-order chi connectivity index (χ0) is 26.7. The normalized spacial score (nSPS) is 16.5. The molecule has 1 fully saturated rings. The van der Waals surface area contributed by atoms with Gasteiger partial charge in [-0.15, -0.1) is 0 Å². The van der Waals surface area contributed by atoms with Crippen LogP contribution in [0.5, 0.6) is 17.2 Å². The molecule has 1 amide bonds. The minimum Gasteiger partial charge on any atom is -0.508 e. The molecule has 0 spiro atoms. The number of anilines is 1. The van der Waals surface area contributed by atoms with Crippen LogP contribution in [0.4, 0.5) is 5.69 Å². The first-order valence-electron chi connectivity index (χ1n) is 11.4. The molecule has 1 aliphatic heterocycles. The SMILES string of the molecule is CCOC(=O)c1cccc(N2C(=O)C(=O)/C(=C(/O)c3c(OC)cccc3OC)C2c2cccc(O)c2)c1. The van der Waals surface area contributed by atoms with E-state index < -0.39 is 29.5 Å². The van der Waals surface area contributed by atoms with Gasteiger partial charge in [0.25, 0.3) is 11.7 Å². The summed E-state index contributed by atoms with van der Waals surface area (Å²) in [4.78, 5) is 40.4. The van der Waals surface area contributed by atoms with E-state index in [1.807, 2.05) is 0 Å². The first-order chi connectivity index (χ1) is 17.8. The molecule has 3 aromatic carbocycles. The fraction of sp³-hybridized carbons (Fsp3) is 0.179. The monoisotopic (exact) mass is 503 g/mol. The first-order valence-corrected chi connectivity index (χ1v) is 11.4. The Labute approximate surface area is 213 Å². The number of aliphatic hydroxyl groups is 1. The number of carbonyl (C=O) groups is 3. The van der Waals surface area contributed by atoms with Crippen LogP contribution >= 0.6 is 0 Å². The maximum Gasteiger partial charge on any atom is 0.338 e. The van der Waals surface area contributed by atoms with Gasteiger partial charge >= 0.3 is 5.97 Å². The quantitative estimate of drug-likeness (QED) is 0.213. The van der Waals surface area contributed by atoms with E-state index in [0.29, 0.717) is 5.56 Å². The number of hydrogen-bond acceptors (Lipinski definition) is 8. The molecule has 3 aromatic rings. The van der Waals surface area contributed by atoms with E-state index in [-0.39, 0.29) is 46.2 Å². The number of rotatable bonds is 7. The molecule has 0 bridgehead atoms. The number of nitrogens with zero attached hydrogens (tertiary/aromatic N) is 1. The number of phenols is 1. The largest absolute Gasteiger partial charge is 0.508 e. The molecule has 2 N–H and O–H groups in total. The number of hydrogen-bond donors (Lipinski definition) is 2. The summed E-state index contributed by atoms with van der Waals surface area (Å²) in [5, 5.41) is 21.7. The van der Waals surface area contributed by atoms with Gasteiger partial charge in [-0.2, -0.15) is 0 Å². The second kappa shape index (κ2) is 10.4. The molecule has 0 saturated carbocycles. The van der Waals surface area contributed by atoms with Crippen molar-refractivity contribution in [2.45, 2.75) is 13.0 Å². The van der Waals surface area contributed by atoms with Crippen molar-refractivity contribution in [1.82, 2.24) is 0 Å². The summed E-state index contributed by atoms with van der Waals surface area (Å²) in [5.41, 5.74) is 0.626. The van der Waals surface area contributed by atoms with Crippen molar-refractivity contribution in [3.8, 4) is 17.2 Å². The number of aromatic hydroxyl groups is 1. The van der Waals surface area contributed by atoms with Gasteiger partial charge in [0.15, 0.2) is 0 Å². The standard InChI is InChI=1S/C28H25NO8/c1-4-37-28(34)17-9-5-10-18(14-17)29-24(16-8-6-11-19(30)15-16)23(26(32)27(29)33)25(31)22-20(35-2)12-7-13-21(22)36-3/h5-15,24,30-31H,4H2,1-3H3/b25-23+. The number of benzene rings is 3. The van der Waals surface area contributed by atoms with Crippen LogP contribution in [0.2, 0.25) is 0 Å². The molecule has 9 heteroatoms. The number of ether oxygens (including phenoxy) is 3. The molecular formula is C28H25NO8. The van der Waals surface area contributed by atoms with Gasteiger partial charge in [0.2, 0.25) is 0 Å². The summed E-state index contributed by atoms with van der Waals surface area (Å²) in [6, 6.07) is 15.8. The van der Waals surface area contributed by atoms with E-state index in [1.165, 1.54) is 43.4 Å². The Bertz CT molecular complexity index is 1390. The number of ketones is 1. The first kappa shape index (κ1) is 25.3. The summed E-state index contributed by atoms with van der Waals surface area (Å²) in [6.45, 7) is 1.84. The van der Waals surface area contributed by atoms with E-state index in [0.717, 1.165) is 0 Å². The molecule has 37 heavy (non-hydrogen) atoms. The van der Waals surface area contributed by atoms with Crippen LogP contribution in [0.15, 0.2) is 72.3 Å². The molecule has 0 radical (unpaired) electrons. The third kappa shape index (κ3) is 4.58. The maximum atomic E-state index is 13.4. The summed E-state index contributed by atoms with van der Waals surface area (Å²) in [7, 11) is 2.80. The van der Waals surface area contributed by atoms with Crippen molar-refractivity contribution in [3.63, 3.8) is 0 Å². The van der Waals surface area contributed by atoms with Gasteiger partial charge in [0.1, 0.15) is 28.6 Å². The number of Topliss-reactive ketones (excluding diaryl/α,β-unsaturated/α-hetero) is 1. The summed E-state index contributed by atoms with van der Waals surface area (Å²) in [6.07, 6.45) is 0. The minimum atomic E-state index is -1.14. The lowest BCUT2D eigenvalue weighted by molar-refractivity contribution is -0.132. The minimum absolute atomic E-state index is 0.0935. The molecule has 1 aliphatic rings. The van der Waals surface area contributed by atoms with Crippen molar-refractivity contribution < 1.29 is 38.8 Å². The lowest BCUT2D eigenvalue weighted by atomic mass is 9.94. The van der Waals surface area contributed by atoms with Crippen molar-refractivity contribution in [2.75, 3.05) is 25.7 Å². The van der Waals surface area contributed by atoms with Crippen molar-refractivity contribution >= 4 is 29.1 Å². The maximum absolute atomic E-state index is 13.4. The van der Waals surface area contributed by atoms with Crippen molar-refractivity contribution in [3.05, 3.63) is 89.0 Å². The topological polar surface area (TPSA) is 123 Å². The predicted octanol–water partition coefficient (Wildman–Crippen LogP) is 4.21. The molecule has 0 aliphatic carbocycles. The van der Waals surface area contributed by atoms with E-state index >= 15 is 0 Å². The highest BCUT2D eigenvalue weighted by Crippen LogP contribution is 2.45. The highest BCUT2D eigenvalue weighted by molar-refractivity contribution is 6.51. The van der Waals surface area contributed by atoms with Crippen LogP contribution in [0, 0.1) is 0 Å². The Morgan fingerprint density at radius 1 is 0.946 bits per heavy atom. The van der Waals surface area contributed by atoms with Crippen LogP contribution in [0.1, 0.15) is 34.5 Å². The molecule has 1 saturated heterocycles. The van der Waals surface area contributed by atoms with E-state index in [2.05, 4.69) is 0 Å². The highest BCUT2D eigenvalue weighted by atomic mass is 16.5. The second-order valence-corrected chi connectivity index (χ2v) is 8.07. The average Bonchev–Trinajstić information content (AvgIpc) is 3.18. The molecule has 0 aromatic heterocycles. The number of esters is 1. The highest BCUT2D eigenvalue weighted by Gasteiger charge is 2.47. The summed E-state index contributed by atoms with van der Waals surface area (Å²) in [5.74, 6) is -2.63. The Kier molecular flexibility index (Phi) is 7.15. The number of carbonyl (C=O) groups excluding carboxylic acids is 3. The average molecular weight is 504 g/mol. The molecule has 190 valence electrons. The lowest BCUT2D eigenvalue weighted by Crippen LogP contribution is -2.29. The van der Waals surface area contributed by atoms with Crippen LogP contribution in [-0.2, 0) is 14.3 Å². The van der Waals surface area contributed by atoms with Gasteiger partial charge in [-0.05, 0) is 55.0 Å². The summed E-state index contributed by atoms with van der Waals surface area (Å²) >= 11 is 0. The predicted molar refractivity (Wildman–Crippen MR) is 135 cm³/mol. The van der Waals surface area contributed by atoms with Crippen LogP contribution in [0.3, 0.4) is 0 Å². The zero-order valence-corrected chi connectivity index (χ0v) is 20.4. The number of aliphatic hydroxyl groups excluding tert-OH is 1. The van der Waals surface area contributed by atoms with Gasteiger partial charge in [0.05, 0.1) is 38.0 Å². The number of phenolic OH excluding ortho intramolecular Hbond substituents is 1. The Balaban J connectivity index is 1.98. The zero-order valence-electron chi connectivity index (χ0n) is 20.4. The molecular weight excluding hydrogens is 478 g/mol. The second-order valence-electron chi connectivity index (χ2n) is 8.07. The van der Waals surface area contributed by atoms with E-state index in [1.54, 1.807) is 49.4 Å². The van der Waals surface area contributed by atoms with Gasteiger partial charge in [0, 0.05) is 5.69 Å². The van der Waals surface area contributed by atoms with E-state index in [9.17, 15) is 24.6 Å². The van der Waals surface area contributed by atoms with Gasteiger partial charge in [-0.3, -0.25) is 14.5 Å². The fourth-order valence-electron chi connectivity index (χ4n) is 4.33. The van der Waals surface area contributed by atoms with Gasteiger partial charge in [-0.1, -0.05) is 24.3 Å². The number of methoxy groups -OCH3 is 2. The van der Waals surface area contributed by atoms with Gasteiger partial charge in [-0.25, -0.2) is 4.79 Å². The van der Waals surface area contributed by atoms with E-state index in [4.69, 9.17) is 14.2 Å². The molecule has 1 heterocycles. The van der Waals surface area contributed by atoms with Crippen molar-refractivity contribution in [2.24, 2.45) is 0 Å². The lowest BCUT2D eigenvalue weighted by Gasteiger charge is -2.26. The van der Waals surface area contributed by atoms with Crippen LogP contribution in [0.25, 0.3) is 5.76 Å². The fourth-order valence-corrected chi connectivity index (χ4v) is 4.33. The third-order valence-electron chi connectivity index (χ3n) is 5.93. The smallest absolute Gasteiger partial charge is 0.338 e. The molecule has 1 atom stereocenters. The number of amides is 1. The third-order valence-corrected chi connectivity index (χ3v) is 5.93. The van der Waals surface area contributed by atoms with Crippen LogP contribution in [-0.4, -0.2) is 48.7 Å². The van der Waals surface area contributed by atoms with Gasteiger partial charge < -0.3 is 24.4 Å². The Morgan fingerprint density at radius 2 is 1.59 bits per heavy atom. The Morgan fingerprint density at radius 3 is 2.22 bits per heavy atom. The molecule has 4 rings (SSSR count). The van der Waals surface area contributed by atoms with Crippen molar-refractivity contribution in [1.29, 1.82) is 0 Å². The molecule has 1 unspecified atom stereocenters. The Hall–Kier alpha value is -4.79.